The number of likely N-dealkylation sites (N-methyl/N-ethyl adjacent to an activating group) is 1. The van der Waals surface area contributed by atoms with Gasteiger partial charge in [0.1, 0.15) is 0 Å². The third-order valence-electron chi connectivity index (χ3n) is 3.82. The largest absolute Gasteiger partial charge is 0.477 e. The first-order chi connectivity index (χ1) is 9.74. The quantitative estimate of drug-likeness (QED) is 0.848. The third-order valence-corrected chi connectivity index (χ3v) is 3.82. The molecule has 6 heteroatoms. The van der Waals surface area contributed by atoms with E-state index in [2.05, 4.69) is 27.1 Å². The molecule has 1 amide bonds. The SMILES string of the molecule is CN1CCN(c2ncccc2OC2CCNC2=O)CC1. The van der Waals surface area contributed by atoms with Crippen molar-refractivity contribution >= 4 is 11.7 Å². The first-order valence-electron chi connectivity index (χ1n) is 7.07. The summed E-state index contributed by atoms with van der Waals surface area (Å²) in [6, 6.07) is 3.74. The van der Waals surface area contributed by atoms with Crippen LogP contribution in [0.3, 0.4) is 0 Å². The Morgan fingerprint density at radius 3 is 2.85 bits per heavy atom. The Morgan fingerprint density at radius 1 is 1.35 bits per heavy atom. The maximum atomic E-state index is 11.6. The predicted octanol–water partition coefficient (Wildman–Crippen LogP) is 0.101. The smallest absolute Gasteiger partial charge is 0.261 e. The van der Waals surface area contributed by atoms with Gasteiger partial charge < -0.3 is 19.9 Å². The molecule has 0 radical (unpaired) electrons. The van der Waals surface area contributed by atoms with Crippen molar-refractivity contribution in [1.82, 2.24) is 15.2 Å². The number of pyridine rings is 1. The molecule has 0 bridgehead atoms. The number of amides is 1. The number of carbonyl (C=O) groups excluding carboxylic acids is 1. The van der Waals surface area contributed by atoms with Crippen molar-refractivity contribution in [2.24, 2.45) is 0 Å². The van der Waals surface area contributed by atoms with Crippen LogP contribution in [0.15, 0.2) is 18.3 Å². The first-order valence-corrected chi connectivity index (χ1v) is 7.07. The average molecular weight is 276 g/mol. The molecule has 2 aliphatic rings. The number of rotatable bonds is 3. The fraction of sp³-hybridized carbons (Fsp3) is 0.571. The van der Waals surface area contributed by atoms with Gasteiger partial charge in [0.15, 0.2) is 17.7 Å². The predicted molar refractivity (Wildman–Crippen MR) is 76.0 cm³/mol. The van der Waals surface area contributed by atoms with Crippen LogP contribution in [0.2, 0.25) is 0 Å². The molecule has 1 unspecified atom stereocenters. The van der Waals surface area contributed by atoms with Gasteiger partial charge in [-0.2, -0.15) is 0 Å². The summed E-state index contributed by atoms with van der Waals surface area (Å²) in [6.07, 6.45) is 2.11. The number of anilines is 1. The maximum absolute atomic E-state index is 11.6. The van der Waals surface area contributed by atoms with Crippen molar-refractivity contribution in [3.05, 3.63) is 18.3 Å². The summed E-state index contributed by atoms with van der Waals surface area (Å²) < 4.78 is 5.87. The lowest BCUT2D eigenvalue weighted by Gasteiger charge is -2.34. The summed E-state index contributed by atoms with van der Waals surface area (Å²) in [4.78, 5) is 20.6. The van der Waals surface area contributed by atoms with Crippen LogP contribution in [0.1, 0.15) is 6.42 Å². The van der Waals surface area contributed by atoms with Crippen LogP contribution in [0.5, 0.6) is 5.75 Å². The Labute approximate surface area is 118 Å². The highest BCUT2D eigenvalue weighted by Crippen LogP contribution is 2.28. The van der Waals surface area contributed by atoms with Crippen LogP contribution in [0.25, 0.3) is 0 Å². The number of nitrogens with zero attached hydrogens (tertiary/aromatic N) is 3. The van der Waals surface area contributed by atoms with E-state index in [9.17, 15) is 4.79 Å². The molecular weight excluding hydrogens is 256 g/mol. The molecule has 1 aromatic rings. The molecule has 2 aliphatic heterocycles. The lowest BCUT2D eigenvalue weighted by atomic mass is 10.3. The Morgan fingerprint density at radius 2 is 2.15 bits per heavy atom. The van der Waals surface area contributed by atoms with Gasteiger partial charge in [-0.25, -0.2) is 4.98 Å². The minimum absolute atomic E-state index is 0.0295. The van der Waals surface area contributed by atoms with Gasteiger partial charge in [-0.1, -0.05) is 0 Å². The number of hydrogen-bond acceptors (Lipinski definition) is 5. The summed E-state index contributed by atoms with van der Waals surface area (Å²) in [5, 5.41) is 2.79. The van der Waals surface area contributed by atoms with E-state index in [0.29, 0.717) is 12.3 Å². The van der Waals surface area contributed by atoms with Gasteiger partial charge in [0.2, 0.25) is 0 Å². The van der Waals surface area contributed by atoms with Gasteiger partial charge >= 0.3 is 0 Å². The average Bonchev–Trinajstić information content (AvgIpc) is 2.86. The lowest BCUT2D eigenvalue weighted by molar-refractivity contribution is -0.124. The van der Waals surface area contributed by atoms with Crippen LogP contribution >= 0.6 is 0 Å². The number of ether oxygens (including phenoxy) is 1. The number of nitrogens with one attached hydrogen (secondary N) is 1. The van der Waals surface area contributed by atoms with Crippen LogP contribution < -0.4 is 15.0 Å². The highest BCUT2D eigenvalue weighted by Gasteiger charge is 2.28. The molecule has 0 saturated carbocycles. The molecule has 3 rings (SSSR count). The molecule has 0 aliphatic carbocycles. The van der Waals surface area contributed by atoms with Crippen molar-refractivity contribution in [2.75, 3.05) is 44.7 Å². The van der Waals surface area contributed by atoms with E-state index in [4.69, 9.17) is 4.74 Å². The molecule has 0 spiro atoms. The number of carbonyl (C=O) groups is 1. The van der Waals surface area contributed by atoms with Gasteiger partial charge in [-0.3, -0.25) is 4.79 Å². The Bertz CT molecular complexity index is 486. The molecular formula is C14H20N4O2. The molecule has 2 fully saturated rings. The molecule has 1 atom stereocenters. The monoisotopic (exact) mass is 276 g/mol. The second-order valence-electron chi connectivity index (χ2n) is 5.30. The van der Waals surface area contributed by atoms with Gasteiger partial charge in [-0.15, -0.1) is 0 Å². The van der Waals surface area contributed by atoms with E-state index < -0.39 is 0 Å². The van der Waals surface area contributed by atoms with Crippen molar-refractivity contribution in [3.8, 4) is 5.75 Å². The fourth-order valence-electron chi connectivity index (χ4n) is 2.57. The molecule has 0 aromatic carbocycles. The van der Waals surface area contributed by atoms with Crippen LogP contribution in [0, 0.1) is 0 Å². The zero-order valence-electron chi connectivity index (χ0n) is 11.7. The number of aromatic nitrogens is 1. The van der Waals surface area contributed by atoms with Crippen molar-refractivity contribution in [3.63, 3.8) is 0 Å². The van der Waals surface area contributed by atoms with Gasteiger partial charge in [-0.05, 0) is 19.2 Å². The van der Waals surface area contributed by atoms with E-state index in [-0.39, 0.29) is 12.0 Å². The van der Waals surface area contributed by atoms with E-state index in [0.717, 1.165) is 38.4 Å². The molecule has 1 aromatic heterocycles. The minimum atomic E-state index is -0.384. The normalized spacial score (nSPS) is 23.8. The second kappa shape index (κ2) is 5.66. The maximum Gasteiger partial charge on any atom is 0.261 e. The van der Waals surface area contributed by atoms with E-state index in [1.54, 1.807) is 6.20 Å². The summed E-state index contributed by atoms with van der Waals surface area (Å²) in [5.74, 6) is 1.53. The van der Waals surface area contributed by atoms with E-state index >= 15 is 0 Å². The van der Waals surface area contributed by atoms with E-state index in [1.165, 1.54) is 0 Å². The van der Waals surface area contributed by atoms with Gasteiger partial charge in [0.25, 0.3) is 5.91 Å². The van der Waals surface area contributed by atoms with Crippen molar-refractivity contribution in [1.29, 1.82) is 0 Å². The Kier molecular flexibility index (Phi) is 3.73. The van der Waals surface area contributed by atoms with Crippen LogP contribution in [-0.4, -0.2) is 61.7 Å². The summed E-state index contributed by atoms with van der Waals surface area (Å²) in [7, 11) is 2.12. The molecule has 6 nitrogen and oxygen atoms in total. The Hall–Kier alpha value is -1.82. The molecule has 1 N–H and O–H groups in total. The fourth-order valence-corrected chi connectivity index (χ4v) is 2.57. The van der Waals surface area contributed by atoms with Gasteiger partial charge in [0.05, 0.1) is 0 Å². The van der Waals surface area contributed by atoms with Crippen molar-refractivity contribution < 1.29 is 9.53 Å². The summed E-state index contributed by atoms with van der Waals surface area (Å²) >= 11 is 0. The van der Waals surface area contributed by atoms with Gasteiger partial charge in [0, 0.05) is 45.3 Å². The number of piperazine rings is 1. The minimum Gasteiger partial charge on any atom is -0.477 e. The highest BCUT2D eigenvalue weighted by atomic mass is 16.5. The molecule has 3 heterocycles. The zero-order chi connectivity index (χ0) is 13.9. The third kappa shape index (κ3) is 2.70. The van der Waals surface area contributed by atoms with E-state index in [1.807, 2.05) is 12.1 Å². The topological polar surface area (TPSA) is 57.7 Å². The molecule has 108 valence electrons. The molecule has 20 heavy (non-hydrogen) atoms. The molecule has 2 saturated heterocycles. The highest BCUT2D eigenvalue weighted by molar-refractivity contribution is 5.83. The lowest BCUT2D eigenvalue weighted by Crippen LogP contribution is -2.45. The number of hydrogen-bond donors (Lipinski definition) is 1. The van der Waals surface area contributed by atoms with Crippen LogP contribution in [0.4, 0.5) is 5.82 Å². The van der Waals surface area contributed by atoms with Crippen molar-refractivity contribution in [2.45, 2.75) is 12.5 Å². The summed E-state index contributed by atoms with van der Waals surface area (Å²) in [6.45, 7) is 4.58. The standard InChI is InChI=1S/C14H20N4O2/c1-17-7-9-18(10-8-17)13-11(3-2-5-15-13)20-12-4-6-16-14(12)19/h2-3,5,12H,4,6-10H2,1H3,(H,16,19). The zero-order valence-corrected chi connectivity index (χ0v) is 11.7. The Balaban J connectivity index is 1.76. The van der Waals surface area contributed by atoms with Crippen LogP contribution in [-0.2, 0) is 4.79 Å². The summed E-state index contributed by atoms with van der Waals surface area (Å²) in [5.41, 5.74) is 0. The first kappa shape index (κ1) is 13.2. The second-order valence-corrected chi connectivity index (χ2v) is 5.30.